The molecule has 1 heterocycles. The van der Waals surface area contributed by atoms with Crippen LogP contribution < -0.4 is 5.73 Å². The number of carbonyl (C=O) groups excluding carboxylic acids is 2. The molecule has 2 aromatic carbocycles. The Hall–Kier alpha value is -2.89. The summed E-state index contributed by atoms with van der Waals surface area (Å²) in [6.45, 7) is 0. The normalized spacial score (nSPS) is 11.0. The maximum atomic E-state index is 13.7. The number of aromatic nitrogens is 1. The Morgan fingerprint density at radius 3 is 2.50 bits per heavy atom. The van der Waals surface area contributed by atoms with Crippen molar-refractivity contribution in [1.29, 1.82) is 0 Å². The van der Waals surface area contributed by atoms with Gasteiger partial charge in [0.1, 0.15) is 5.82 Å². The maximum absolute atomic E-state index is 13.7. The summed E-state index contributed by atoms with van der Waals surface area (Å²) in [4.78, 5) is 28.0. The first-order chi connectivity index (χ1) is 10.4. The number of hydrogen-bond donors (Lipinski definition) is 2. The van der Waals surface area contributed by atoms with E-state index in [4.69, 9.17) is 5.73 Å². The number of nitrogens with one attached hydrogen (secondary N) is 1. The standard InChI is InChI=1S/C16H14FN3O2/c1-20(2)16(22)8-3-4-10-11-6-9(17)7-12(15(18)21)14(11)19-13(10)5-8/h3-7,19H,1-2H3,(H2,18,21). The van der Waals surface area contributed by atoms with Crippen LogP contribution in [0.3, 0.4) is 0 Å². The molecule has 2 amide bonds. The molecule has 3 N–H and O–H groups in total. The van der Waals surface area contributed by atoms with Crippen molar-refractivity contribution in [2.75, 3.05) is 14.1 Å². The summed E-state index contributed by atoms with van der Waals surface area (Å²) in [6.07, 6.45) is 0. The number of hydrogen-bond acceptors (Lipinski definition) is 2. The van der Waals surface area contributed by atoms with Crippen molar-refractivity contribution in [3.8, 4) is 0 Å². The summed E-state index contributed by atoms with van der Waals surface area (Å²) < 4.78 is 13.7. The van der Waals surface area contributed by atoms with Gasteiger partial charge in [0.2, 0.25) is 0 Å². The Labute approximate surface area is 125 Å². The summed E-state index contributed by atoms with van der Waals surface area (Å²) in [5.74, 6) is -1.38. The molecule has 0 saturated carbocycles. The molecule has 0 aliphatic heterocycles. The molecule has 3 rings (SSSR count). The van der Waals surface area contributed by atoms with Gasteiger partial charge in [0.15, 0.2) is 0 Å². The van der Waals surface area contributed by atoms with Crippen molar-refractivity contribution in [3.63, 3.8) is 0 Å². The smallest absolute Gasteiger partial charge is 0.253 e. The molecule has 0 fully saturated rings. The van der Waals surface area contributed by atoms with Crippen molar-refractivity contribution in [2.45, 2.75) is 0 Å². The van der Waals surface area contributed by atoms with Gasteiger partial charge >= 0.3 is 0 Å². The molecule has 5 nitrogen and oxygen atoms in total. The molecule has 1 aromatic heterocycles. The zero-order valence-electron chi connectivity index (χ0n) is 12.1. The number of aromatic amines is 1. The lowest BCUT2D eigenvalue weighted by Crippen LogP contribution is -2.21. The van der Waals surface area contributed by atoms with Crippen LogP contribution in [-0.4, -0.2) is 35.8 Å². The van der Waals surface area contributed by atoms with Crippen molar-refractivity contribution < 1.29 is 14.0 Å². The number of amides is 2. The first kappa shape index (κ1) is 14.1. The van der Waals surface area contributed by atoms with Crippen LogP contribution in [0.5, 0.6) is 0 Å². The van der Waals surface area contributed by atoms with Gasteiger partial charge in [0, 0.05) is 35.9 Å². The zero-order chi connectivity index (χ0) is 16.0. The topological polar surface area (TPSA) is 79.2 Å². The lowest BCUT2D eigenvalue weighted by molar-refractivity contribution is 0.0827. The molecule has 0 aliphatic carbocycles. The van der Waals surface area contributed by atoms with Gasteiger partial charge in [-0.3, -0.25) is 9.59 Å². The Balaban J connectivity index is 2.32. The van der Waals surface area contributed by atoms with Crippen LogP contribution in [0.4, 0.5) is 4.39 Å². The summed E-state index contributed by atoms with van der Waals surface area (Å²) in [5, 5.41) is 1.29. The van der Waals surface area contributed by atoms with Crippen LogP contribution in [0.1, 0.15) is 20.7 Å². The average Bonchev–Trinajstić information content (AvgIpc) is 2.82. The number of benzene rings is 2. The SMILES string of the molecule is CN(C)C(=O)c1ccc2c(c1)[nH]c1c(C(N)=O)cc(F)cc12. The van der Waals surface area contributed by atoms with Crippen molar-refractivity contribution in [3.05, 3.63) is 47.3 Å². The highest BCUT2D eigenvalue weighted by atomic mass is 19.1. The maximum Gasteiger partial charge on any atom is 0.253 e. The van der Waals surface area contributed by atoms with Gasteiger partial charge in [-0.1, -0.05) is 6.07 Å². The van der Waals surface area contributed by atoms with Crippen LogP contribution in [0.25, 0.3) is 21.8 Å². The number of fused-ring (bicyclic) bond motifs is 3. The number of rotatable bonds is 2. The molecule has 0 aliphatic rings. The van der Waals surface area contributed by atoms with E-state index in [0.29, 0.717) is 22.0 Å². The predicted molar refractivity (Wildman–Crippen MR) is 82.3 cm³/mol. The van der Waals surface area contributed by atoms with E-state index in [9.17, 15) is 14.0 Å². The quantitative estimate of drug-likeness (QED) is 0.761. The molecule has 0 spiro atoms. The molecule has 0 saturated heterocycles. The van der Waals surface area contributed by atoms with Crippen molar-refractivity contribution >= 4 is 33.6 Å². The average molecular weight is 299 g/mol. The predicted octanol–water partition coefficient (Wildman–Crippen LogP) is 2.26. The molecule has 0 bridgehead atoms. The Morgan fingerprint density at radius 2 is 1.86 bits per heavy atom. The lowest BCUT2D eigenvalue weighted by atomic mass is 10.1. The van der Waals surface area contributed by atoms with E-state index in [2.05, 4.69) is 4.98 Å². The minimum Gasteiger partial charge on any atom is -0.366 e. The Bertz CT molecular complexity index is 928. The molecule has 22 heavy (non-hydrogen) atoms. The molecule has 0 radical (unpaired) electrons. The Morgan fingerprint density at radius 1 is 1.14 bits per heavy atom. The first-order valence-corrected chi connectivity index (χ1v) is 6.65. The van der Waals surface area contributed by atoms with Crippen molar-refractivity contribution in [1.82, 2.24) is 9.88 Å². The molecule has 112 valence electrons. The molecule has 6 heteroatoms. The van der Waals surface area contributed by atoms with Gasteiger partial charge in [-0.2, -0.15) is 0 Å². The second kappa shape index (κ2) is 4.84. The molecular formula is C16H14FN3O2. The van der Waals surface area contributed by atoms with Crippen LogP contribution >= 0.6 is 0 Å². The van der Waals surface area contributed by atoms with Crippen LogP contribution in [0, 0.1) is 5.82 Å². The second-order valence-corrected chi connectivity index (χ2v) is 5.33. The first-order valence-electron chi connectivity index (χ1n) is 6.65. The number of halogens is 1. The van der Waals surface area contributed by atoms with Gasteiger partial charge in [0.25, 0.3) is 11.8 Å². The summed E-state index contributed by atoms with van der Waals surface area (Å²) in [7, 11) is 3.33. The monoisotopic (exact) mass is 299 g/mol. The molecule has 3 aromatic rings. The third-order valence-corrected chi connectivity index (χ3v) is 3.59. The lowest BCUT2D eigenvalue weighted by Gasteiger charge is -2.09. The number of nitrogens with zero attached hydrogens (tertiary/aromatic N) is 1. The van der Waals surface area contributed by atoms with Gasteiger partial charge in [-0.15, -0.1) is 0 Å². The molecule has 0 atom stereocenters. The van der Waals surface area contributed by atoms with E-state index in [1.807, 2.05) is 0 Å². The zero-order valence-corrected chi connectivity index (χ0v) is 12.1. The van der Waals surface area contributed by atoms with E-state index in [-0.39, 0.29) is 11.5 Å². The van der Waals surface area contributed by atoms with E-state index >= 15 is 0 Å². The number of H-pyrrole nitrogens is 1. The van der Waals surface area contributed by atoms with Gasteiger partial charge in [-0.05, 0) is 24.3 Å². The Kier molecular flexibility index (Phi) is 3.09. The fourth-order valence-electron chi connectivity index (χ4n) is 2.56. The molecular weight excluding hydrogens is 285 g/mol. The summed E-state index contributed by atoms with van der Waals surface area (Å²) >= 11 is 0. The number of nitrogens with two attached hydrogens (primary N) is 1. The minimum absolute atomic E-state index is 0.0895. The minimum atomic E-state index is -0.708. The fourth-order valence-corrected chi connectivity index (χ4v) is 2.56. The van der Waals surface area contributed by atoms with E-state index < -0.39 is 11.7 Å². The van der Waals surface area contributed by atoms with Crippen LogP contribution in [0.2, 0.25) is 0 Å². The van der Waals surface area contributed by atoms with E-state index in [0.717, 1.165) is 11.5 Å². The fraction of sp³-hybridized carbons (Fsp3) is 0.125. The third kappa shape index (κ3) is 2.09. The van der Waals surface area contributed by atoms with E-state index in [1.165, 1.54) is 11.0 Å². The van der Waals surface area contributed by atoms with Crippen molar-refractivity contribution in [2.24, 2.45) is 5.73 Å². The van der Waals surface area contributed by atoms with Gasteiger partial charge in [0.05, 0.1) is 11.1 Å². The highest BCUT2D eigenvalue weighted by Gasteiger charge is 2.15. The summed E-state index contributed by atoms with van der Waals surface area (Å²) in [6, 6.07) is 7.53. The second-order valence-electron chi connectivity index (χ2n) is 5.33. The van der Waals surface area contributed by atoms with Gasteiger partial charge < -0.3 is 15.6 Å². The largest absolute Gasteiger partial charge is 0.366 e. The summed E-state index contributed by atoms with van der Waals surface area (Å²) in [5.41, 5.74) is 7.02. The third-order valence-electron chi connectivity index (χ3n) is 3.59. The van der Waals surface area contributed by atoms with E-state index in [1.54, 1.807) is 32.3 Å². The number of primary amides is 1. The van der Waals surface area contributed by atoms with Crippen LogP contribution in [0.15, 0.2) is 30.3 Å². The highest BCUT2D eigenvalue weighted by Crippen LogP contribution is 2.29. The van der Waals surface area contributed by atoms with Crippen LogP contribution in [-0.2, 0) is 0 Å². The van der Waals surface area contributed by atoms with Gasteiger partial charge in [-0.25, -0.2) is 4.39 Å². The molecule has 0 unspecified atom stereocenters. The highest BCUT2D eigenvalue weighted by molar-refractivity contribution is 6.15. The number of carbonyl (C=O) groups is 2.